The Morgan fingerprint density at radius 2 is 1.64 bits per heavy atom. The van der Waals surface area contributed by atoms with Crippen LogP contribution in [0.25, 0.3) is 0 Å². The minimum Gasteiger partial charge on any atom is -0.491 e. The normalized spacial score (nSPS) is 10.8. The molecule has 1 N–H and O–H groups in total. The third kappa shape index (κ3) is 6.08. The van der Waals surface area contributed by atoms with E-state index in [1.54, 1.807) is 23.8 Å². The molecule has 0 atom stereocenters. The molecule has 5 heteroatoms. The average molecular weight is 378 g/mol. The first kappa shape index (κ1) is 19.9. The summed E-state index contributed by atoms with van der Waals surface area (Å²) in [5, 5.41) is 3.46. The maximum absolute atomic E-state index is 11.8. The largest absolute Gasteiger partial charge is 0.491 e. The van der Waals surface area contributed by atoms with Crippen molar-refractivity contribution in [3.63, 3.8) is 0 Å². The molecule has 0 aliphatic heterocycles. The summed E-state index contributed by atoms with van der Waals surface area (Å²) in [6.45, 7) is 3.26. The van der Waals surface area contributed by atoms with Gasteiger partial charge in [0.15, 0.2) is 0 Å². The summed E-state index contributed by atoms with van der Waals surface area (Å²) < 4.78 is 12.3. The number of benzene rings is 2. The highest BCUT2D eigenvalue weighted by molar-refractivity contribution is 5.28. The van der Waals surface area contributed by atoms with Crippen molar-refractivity contribution >= 4 is 0 Å². The standard InChI is InChI=1S/C23H26N2O3/c1-27-13-14-28-22-6-4-5-21(15-22)17-24-16-19-8-10-20(11-9-19)18-25-12-3-2-7-23(25)26/h2-12,15,24H,13-14,16-18H2,1H3. The van der Waals surface area contributed by atoms with E-state index >= 15 is 0 Å². The SMILES string of the molecule is COCCOc1cccc(CNCc2ccc(Cn3ccccc3=O)cc2)c1. The van der Waals surface area contributed by atoms with Crippen LogP contribution in [-0.2, 0) is 24.4 Å². The lowest BCUT2D eigenvalue weighted by molar-refractivity contribution is 0.146. The van der Waals surface area contributed by atoms with Gasteiger partial charge in [-0.2, -0.15) is 0 Å². The van der Waals surface area contributed by atoms with E-state index in [4.69, 9.17) is 9.47 Å². The second-order valence-corrected chi connectivity index (χ2v) is 6.58. The average Bonchev–Trinajstić information content (AvgIpc) is 2.72. The first-order chi connectivity index (χ1) is 13.7. The predicted molar refractivity (Wildman–Crippen MR) is 111 cm³/mol. The second kappa shape index (κ2) is 10.4. The monoisotopic (exact) mass is 378 g/mol. The Bertz CT molecular complexity index is 919. The van der Waals surface area contributed by atoms with Crippen LogP contribution in [0.4, 0.5) is 0 Å². The number of aromatic nitrogens is 1. The molecule has 0 fully saturated rings. The lowest BCUT2D eigenvalue weighted by atomic mass is 10.1. The first-order valence-corrected chi connectivity index (χ1v) is 9.39. The van der Waals surface area contributed by atoms with Crippen LogP contribution in [0.1, 0.15) is 16.7 Å². The molecule has 2 aromatic carbocycles. The van der Waals surface area contributed by atoms with Crippen molar-refractivity contribution in [2.24, 2.45) is 0 Å². The van der Waals surface area contributed by atoms with Crippen molar-refractivity contribution in [3.8, 4) is 5.75 Å². The summed E-state index contributed by atoms with van der Waals surface area (Å²) in [5.74, 6) is 0.858. The Morgan fingerprint density at radius 3 is 2.43 bits per heavy atom. The van der Waals surface area contributed by atoms with Gasteiger partial charge >= 0.3 is 0 Å². The van der Waals surface area contributed by atoms with Gasteiger partial charge in [-0.1, -0.05) is 42.5 Å². The lowest BCUT2D eigenvalue weighted by Crippen LogP contribution is -2.18. The predicted octanol–water partition coefficient (Wildman–Crippen LogP) is 3.21. The molecular formula is C23H26N2O3. The van der Waals surface area contributed by atoms with Crippen LogP contribution < -0.4 is 15.6 Å². The number of ether oxygens (including phenoxy) is 2. The summed E-state index contributed by atoms with van der Waals surface area (Å²) in [6, 6.07) is 21.6. The molecule has 3 rings (SSSR count). The highest BCUT2D eigenvalue weighted by atomic mass is 16.5. The van der Waals surface area contributed by atoms with Crippen molar-refractivity contribution in [1.82, 2.24) is 9.88 Å². The van der Waals surface area contributed by atoms with Gasteiger partial charge in [0.1, 0.15) is 12.4 Å². The summed E-state index contributed by atoms with van der Waals surface area (Å²) in [4.78, 5) is 11.8. The third-order valence-corrected chi connectivity index (χ3v) is 4.39. The number of hydrogen-bond donors (Lipinski definition) is 1. The Balaban J connectivity index is 1.48. The number of nitrogens with zero attached hydrogens (tertiary/aromatic N) is 1. The van der Waals surface area contributed by atoms with Gasteiger partial charge in [-0.15, -0.1) is 0 Å². The van der Waals surface area contributed by atoms with Crippen molar-refractivity contribution in [2.45, 2.75) is 19.6 Å². The molecule has 0 amide bonds. The Morgan fingerprint density at radius 1 is 0.857 bits per heavy atom. The zero-order chi connectivity index (χ0) is 19.6. The fraction of sp³-hybridized carbons (Fsp3) is 0.261. The molecule has 0 aliphatic rings. The minimum atomic E-state index is 0.0154. The topological polar surface area (TPSA) is 52.5 Å². The molecule has 3 aromatic rings. The van der Waals surface area contributed by atoms with Gasteiger partial charge in [-0.3, -0.25) is 4.79 Å². The number of methoxy groups -OCH3 is 1. The van der Waals surface area contributed by atoms with E-state index in [0.29, 0.717) is 19.8 Å². The van der Waals surface area contributed by atoms with Gasteiger partial charge in [-0.25, -0.2) is 0 Å². The maximum atomic E-state index is 11.8. The molecule has 0 saturated heterocycles. The van der Waals surface area contributed by atoms with Crippen molar-refractivity contribution in [1.29, 1.82) is 0 Å². The molecule has 0 radical (unpaired) electrons. The van der Waals surface area contributed by atoms with Gasteiger partial charge in [0.25, 0.3) is 5.56 Å². The molecule has 0 saturated carbocycles. The van der Waals surface area contributed by atoms with E-state index < -0.39 is 0 Å². The molecule has 0 bridgehead atoms. The Kier molecular flexibility index (Phi) is 7.41. The van der Waals surface area contributed by atoms with E-state index in [2.05, 4.69) is 35.6 Å². The van der Waals surface area contributed by atoms with Crippen LogP contribution in [0.3, 0.4) is 0 Å². The summed E-state index contributed by atoms with van der Waals surface area (Å²) >= 11 is 0. The van der Waals surface area contributed by atoms with Gasteiger partial charge in [0, 0.05) is 32.5 Å². The quantitative estimate of drug-likeness (QED) is 0.551. The van der Waals surface area contributed by atoms with Gasteiger partial charge in [0.2, 0.25) is 0 Å². The van der Waals surface area contributed by atoms with Crippen molar-refractivity contribution in [3.05, 3.63) is 100.0 Å². The molecular weight excluding hydrogens is 352 g/mol. The van der Waals surface area contributed by atoms with Crippen molar-refractivity contribution < 1.29 is 9.47 Å². The van der Waals surface area contributed by atoms with E-state index in [1.165, 1.54) is 11.1 Å². The zero-order valence-corrected chi connectivity index (χ0v) is 16.1. The van der Waals surface area contributed by atoms with Crippen LogP contribution in [0.2, 0.25) is 0 Å². The first-order valence-electron chi connectivity index (χ1n) is 9.39. The van der Waals surface area contributed by atoms with Gasteiger partial charge in [-0.05, 0) is 34.9 Å². The van der Waals surface area contributed by atoms with E-state index in [0.717, 1.165) is 24.4 Å². The maximum Gasteiger partial charge on any atom is 0.250 e. The highest BCUT2D eigenvalue weighted by Gasteiger charge is 2.00. The molecule has 0 spiro atoms. The molecule has 1 aromatic heterocycles. The summed E-state index contributed by atoms with van der Waals surface area (Å²) in [7, 11) is 1.66. The molecule has 146 valence electrons. The van der Waals surface area contributed by atoms with E-state index in [9.17, 15) is 4.79 Å². The summed E-state index contributed by atoms with van der Waals surface area (Å²) in [5.41, 5.74) is 3.51. The molecule has 0 unspecified atom stereocenters. The number of pyridine rings is 1. The van der Waals surface area contributed by atoms with Crippen molar-refractivity contribution in [2.75, 3.05) is 20.3 Å². The number of rotatable bonds is 10. The zero-order valence-electron chi connectivity index (χ0n) is 16.1. The van der Waals surface area contributed by atoms with E-state index in [-0.39, 0.29) is 5.56 Å². The summed E-state index contributed by atoms with van der Waals surface area (Å²) in [6.07, 6.45) is 1.81. The second-order valence-electron chi connectivity index (χ2n) is 6.58. The van der Waals surface area contributed by atoms with Crippen LogP contribution in [0.5, 0.6) is 5.75 Å². The van der Waals surface area contributed by atoms with Crippen LogP contribution >= 0.6 is 0 Å². The molecule has 5 nitrogen and oxygen atoms in total. The van der Waals surface area contributed by atoms with Crippen LogP contribution in [0.15, 0.2) is 77.7 Å². The lowest BCUT2D eigenvalue weighted by Gasteiger charge is -2.10. The van der Waals surface area contributed by atoms with Crippen LogP contribution in [-0.4, -0.2) is 24.9 Å². The Hall–Kier alpha value is -2.89. The molecule has 1 heterocycles. The number of hydrogen-bond acceptors (Lipinski definition) is 4. The third-order valence-electron chi connectivity index (χ3n) is 4.39. The molecule has 0 aliphatic carbocycles. The fourth-order valence-electron chi connectivity index (χ4n) is 2.89. The van der Waals surface area contributed by atoms with E-state index in [1.807, 2.05) is 30.5 Å². The Labute approximate surface area is 165 Å². The smallest absolute Gasteiger partial charge is 0.250 e. The fourth-order valence-corrected chi connectivity index (χ4v) is 2.89. The highest BCUT2D eigenvalue weighted by Crippen LogP contribution is 2.13. The molecule has 28 heavy (non-hydrogen) atoms. The van der Waals surface area contributed by atoms with Gasteiger partial charge < -0.3 is 19.4 Å². The van der Waals surface area contributed by atoms with Crippen LogP contribution in [0, 0.1) is 0 Å². The number of nitrogens with one attached hydrogen (secondary N) is 1. The minimum absolute atomic E-state index is 0.0154. The van der Waals surface area contributed by atoms with Gasteiger partial charge in [0.05, 0.1) is 13.2 Å².